The lowest BCUT2D eigenvalue weighted by atomic mass is 9.93. The van der Waals surface area contributed by atoms with E-state index < -0.39 is 23.6 Å². The number of ether oxygens (including phenoxy) is 1. The summed E-state index contributed by atoms with van der Waals surface area (Å²) in [6.45, 7) is 6.88. The molecule has 1 aliphatic heterocycles. The second-order valence-corrected chi connectivity index (χ2v) is 7.38. The number of halogens is 2. The first-order valence-electron chi connectivity index (χ1n) is 9.88. The van der Waals surface area contributed by atoms with Gasteiger partial charge < -0.3 is 24.8 Å². The molecule has 31 heavy (non-hydrogen) atoms. The number of hydrogen-bond donors (Lipinski definition) is 2. The SMILES string of the molecule is CCOCCCN1C(=S)NC(c2c(F)cccc2F)C(C(=O)Nc2cc(C)on2)=C1C. The topological polar surface area (TPSA) is 79.6 Å². The Morgan fingerprint density at radius 3 is 2.68 bits per heavy atom. The highest BCUT2D eigenvalue weighted by Gasteiger charge is 2.36. The van der Waals surface area contributed by atoms with Crippen molar-refractivity contribution in [3.63, 3.8) is 0 Å². The van der Waals surface area contributed by atoms with Gasteiger partial charge in [-0.3, -0.25) is 4.79 Å². The quantitative estimate of drug-likeness (QED) is 0.467. The van der Waals surface area contributed by atoms with Crippen LogP contribution in [0.3, 0.4) is 0 Å². The lowest BCUT2D eigenvalue weighted by Crippen LogP contribution is -2.49. The first-order valence-corrected chi connectivity index (χ1v) is 10.3. The molecule has 2 heterocycles. The zero-order chi connectivity index (χ0) is 22.5. The van der Waals surface area contributed by atoms with Gasteiger partial charge in [0.2, 0.25) is 0 Å². The van der Waals surface area contributed by atoms with Gasteiger partial charge in [-0.25, -0.2) is 8.78 Å². The molecular formula is C21H24F2N4O3S. The molecule has 1 aliphatic rings. The highest BCUT2D eigenvalue weighted by atomic mass is 32.1. The van der Waals surface area contributed by atoms with Crippen molar-refractivity contribution in [3.05, 3.63) is 58.5 Å². The molecule has 1 unspecified atom stereocenters. The number of thiocarbonyl (C=S) groups is 1. The van der Waals surface area contributed by atoms with Crippen LogP contribution in [-0.4, -0.2) is 40.8 Å². The molecule has 3 rings (SSSR count). The van der Waals surface area contributed by atoms with Crippen molar-refractivity contribution in [2.45, 2.75) is 33.2 Å². The minimum atomic E-state index is -1.11. The van der Waals surface area contributed by atoms with E-state index in [1.807, 2.05) is 6.92 Å². The number of benzene rings is 1. The molecule has 1 aromatic heterocycles. The molecule has 1 amide bonds. The zero-order valence-electron chi connectivity index (χ0n) is 17.5. The monoisotopic (exact) mass is 450 g/mol. The highest BCUT2D eigenvalue weighted by Crippen LogP contribution is 2.34. The Hall–Kier alpha value is -2.85. The van der Waals surface area contributed by atoms with Crippen molar-refractivity contribution < 1.29 is 22.8 Å². The summed E-state index contributed by atoms with van der Waals surface area (Å²) in [5.74, 6) is -1.41. The van der Waals surface area contributed by atoms with Crippen LogP contribution >= 0.6 is 12.2 Å². The van der Waals surface area contributed by atoms with Crippen LogP contribution in [0.25, 0.3) is 0 Å². The molecule has 2 aromatic rings. The van der Waals surface area contributed by atoms with Gasteiger partial charge in [-0.15, -0.1) is 0 Å². The molecule has 0 bridgehead atoms. The summed E-state index contributed by atoms with van der Waals surface area (Å²) in [4.78, 5) is 14.9. The van der Waals surface area contributed by atoms with Gasteiger partial charge in [-0.1, -0.05) is 11.2 Å². The lowest BCUT2D eigenvalue weighted by Gasteiger charge is -2.38. The normalized spacial score (nSPS) is 16.5. The maximum atomic E-state index is 14.6. The second-order valence-electron chi connectivity index (χ2n) is 7.00. The van der Waals surface area contributed by atoms with E-state index in [2.05, 4.69) is 15.8 Å². The Morgan fingerprint density at radius 1 is 1.35 bits per heavy atom. The standard InChI is InChI=1S/C21H24F2N4O3S/c1-4-29-10-6-9-27-13(3)17(20(28)24-16-11-12(2)30-26-16)19(25-21(27)31)18-14(22)7-5-8-15(18)23/h5,7-8,11,19H,4,6,9-10H2,1-3H3,(H,25,31)(H,24,26,28). The summed E-state index contributed by atoms with van der Waals surface area (Å²) in [5.41, 5.74) is 0.347. The predicted molar refractivity (Wildman–Crippen MR) is 115 cm³/mol. The van der Waals surface area contributed by atoms with Crippen LogP contribution in [-0.2, 0) is 9.53 Å². The third-order valence-corrected chi connectivity index (χ3v) is 5.21. The summed E-state index contributed by atoms with van der Waals surface area (Å²) in [7, 11) is 0. The molecular weight excluding hydrogens is 426 g/mol. The largest absolute Gasteiger partial charge is 0.382 e. The van der Waals surface area contributed by atoms with Crippen molar-refractivity contribution >= 4 is 29.1 Å². The maximum Gasteiger partial charge on any atom is 0.257 e. The van der Waals surface area contributed by atoms with E-state index >= 15 is 0 Å². The number of anilines is 1. The number of amides is 1. The van der Waals surface area contributed by atoms with E-state index in [0.29, 0.717) is 37.6 Å². The molecule has 0 spiro atoms. The number of rotatable bonds is 8. The predicted octanol–water partition coefficient (Wildman–Crippen LogP) is 3.83. The van der Waals surface area contributed by atoms with Gasteiger partial charge in [0, 0.05) is 31.5 Å². The van der Waals surface area contributed by atoms with Gasteiger partial charge in [-0.05, 0) is 51.5 Å². The first kappa shape index (κ1) is 22.8. The Kier molecular flexibility index (Phi) is 7.34. The average molecular weight is 451 g/mol. The number of allylic oxidation sites excluding steroid dienone is 1. The van der Waals surface area contributed by atoms with Crippen molar-refractivity contribution in [3.8, 4) is 0 Å². The second kappa shape index (κ2) is 9.97. The van der Waals surface area contributed by atoms with Crippen LogP contribution in [0.1, 0.15) is 37.6 Å². The van der Waals surface area contributed by atoms with Gasteiger partial charge in [-0.2, -0.15) is 0 Å². The summed E-state index contributed by atoms with van der Waals surface area (Å²) in [5, 5.41) is 9.60. The number of nitrogens with one attached hydrogen (secondary N) is 2. The Morgan fingerprint density at radius 2 is 2.06 bits per heavy atom. The van der Waals surface area contributed by atoms with Gasteiger partial charge in [0.05, 0.1) is 17.2 Å². The molecule has 0 aliphatic carbocycles. The van der Waals surface area contributed by atoms with Gasteiger partial charge in [0.25, 0.3) is 5.91 Å². The zero-order valence-corrected chi connectivity index (χ0v) is 18.3. The minimum Gasteiger partial charge on any atom is -0.382 e. The fraction of sp³-hybridized carbons (Fsp3) is 0.381. The molecule has 1 atom stereocenters. The van der Waals surface area contributed by atoms with Crippen molar-refractivity contribution in [2.24, 2.45) is 0 Å². The summed E-state index contributed by atoms with van der Waals surface area (Å²) >= 11 is 5.45. The molecule has 7 nitrogen and oxygen atoms in total. The number of carbonyl (C=O) groups is 1. The van der Waals surface area contributed by atoms with E-state index in [1.165, 1.54) is 6.07 Å². The highest BCUT2D eigenvalue weighted by molar-refractivity contribution is 7.80. The minimum absolute atomic E-state index is 0.134. The molecule has 0 saturated carbocycles. The van der Waals surface area contributed by atoms with Crippen LogP contribution in [0.4, 0.5) is 14.6 Å². The Balaban J connectivity index is 2.00. The van der Waals surface area contributed by atoms with Crippen LogP contribution < -0.4 is 10.6 Å². The average Bonchev–Trinajstić information content (AvgIpc) is 3.11. The van der Waals surface area contributed by atoms with Gasteiger partial charge in [0.15, 0.2) is 10.9 Å². The molecule has 0 fully saturated rings. The van der Waals surface area contributed by atoms with Crippen molar-refractivity contribution in [2.75, 3.05) is 25.1 Å². The molecule has 10 heteroatoms. The van der Waals surface area contributed by atoms with Crippen LogP contribution in [0.2, 0.25) is 0 Å². The van der Waals surface area contributed by atoms with Crippen molar-refractivity contribution in [1.29, 1.82) is 0 Å². The Labute approximate surface area is 184 Å². The third-order valence-electron chi connectivity index (χ3n) is 4.87. The lowest BCUT2D eigenvalue weighted by molar-refractivity contribution is -0.113. The fourth-order valence-electron chi connectivity index (χ4n) is 3.43. The van der Waals surface area contributed by atoms with Gasteiger partial charge >= 0.3 is 0 Å². The molecule has 2 N–H and O–H groups in total. The number of aromatic nitrogens is 1. The van der Waals surface area contributed by atoms with E-state index in [-0.39, 0.29) is 22.1 Å². The third kappa shape index (κ3) is 5.08. The number of hydrogen-bond acceptors (Lipinski definition) is 5. The molecule has 0 saturated heterocycles. The van der Waals surface area contributed by atoms with Crippen LogP contribution in [0.15, 0.2) is 40.1 Å². The van der Waals surface area contributed by atoms with E-state index in [0.717, 1.165) is 12.1 Å². The fourth-order valence-corrected chi connectivity index (χ4v) is 3.77. The Bertz CT molecular complexity index is 988. The van der Waals surface area contributed by atoms with Crippen LogP contribution in [0, 0.1) is 18.6 Å². The van der Waals surface area contributed by atoms with Gasteiger partial charge in [0.1, 0.15) is 17.4 Å². The number of aryl methyl sites for hydroxylation is 1. The van der Waals surface area contributed by atoms with Crippen molar-refractivity contribution in [1.82, 2.24) is 15.4 Å². The van der Waals surface area contributed by atoms with Crippen LogP contribution in [0.5, 0.6) is 0 Å². The van der Waals surface area contributed by atoms with E-state index in [4.69, 9.17) is 21.5 Å². The first-order chi connectivity index (χ1) is 14.8. The van der Waals surface area contributed by atoms with E-state index in [9.17, 15) is 13.6 Å². The maximum absolute atomic E-state index is 14.6. The molecule has 166 valence electrons. The number of nitrogens with zero attached hydrogens (tertiary/aromatic N) is 2. The van der Waals surface area contributed by atoms with E-state index in [1.54, 1.807) is 24.8 Å². The summed E-state index contributed by atoms with van der Waals surface area (Å²) in [6.07, 6.45) is 0.656. The molecule has 0 radical (unpaired) electrons. The number of carbonyl (C=O) groups excluding carboxylic acids is 1. The smallest absolute Gasteiger partial charge is 0.257 e. The summed E-state index contributed by atoms with van der Waals surface area (Å²) < 4.78 is 39.6. The molecule has 1 aromatic carbocycles. The summed E-state index contributed by atoms with van der Waals surface area (Å²) in [6, 6.07) is 3.99.